The van der Waals surface area contributed by atoms with Crippen molar-refractivity contribution in [3.63, 3.8) is 0 Å². The van der Waals surface area contributed by atoms with Crippen molar-refractivity contribution in [2.24, 2.45) is 11.7 Å². The predicted octanol–water partition coefficient (Wildman–Crippen LogP) is 2.53. The number of carbonyl (C=O) groups excluding carboxylic acids is 1. The first-order valence-electron chi connectivity index (χ1n) is 8.60. The molecule has 4 nitrogen and oxygen atoms in total. The summed E-state index contributed by atoms with van der Waals surface area (Å²) < 4.78 is 0. The molecular formula is C19H23N3O. The highest BCUT2D eigenvalue weighted by atomic mass is 16.2. The molecule has 2 aromatic rings. The molecule has 1 amide bonds. The lowest BCUT2D eigenvalue weighted by atomic mass is 10.00. The number of nitrogens with zero attached hydrogens (tertiary/aromatic N) is 2. The molecule has 0 radical (unpaired) electrons. The van der Waals surface area contributed by atoms with E-state index in [1.807, 2.05) is 29.2 Å². The number of nitrogens with two attached hydrogens (primary N) is 1. The van der Waals surface area contributed by atoms with Crippen LogP contribution in [0, 0.1) is 5.92 Å². The first kappa shape index (κ1) is 14.6. The summed E-state index contributed by atoms with van der Waals surface area (Å²) in [5.74, 6) is 0.597. The molecule has 2 aliphatic rings. The highest BCUT2D eigenvalue weighted by Gasteiger charge is 2.34. The smallest absolute Gasteiger partial charge is 0.255 e. The Hall–Kier alpha value is -1.94. The molecule has 0 spiro atoms. The van der Waals surface area contributed by atoms with Crippen LogP contribution in [0.1, 0.15) is 41.4 Å². The van der Waals surface area contributed by atoms with Crippen molar-refractivity contribution < 1.29 is 4.79 Å². The molecule has 4 heteroatoms. The molecule has 1 aliphatic carbocycles. The Kier molecular flexibility index (Phi) is 3.57. The van der Waals surface area contributed by atoms with E-state index in [9.17, 15) is 4.79 Å². The minimum Gasteiger partial charge on any atom is -0.336 e. The fraction of sp³-hybridized carbons (Fsp3) is 0.474. The zero-order valence-corrected chi connectivity index (χ0v) is 13.6. The molecular weight excluding hydrogens is 286 g/mol. The molecule has 1 aliphatic heterocycles. The lowest BCUT2D eigenvalue weighted by Crippen LogP contribution is -2.35. The van der Waals surface area contributed by atoms with E-state index >= 15 is 0 Å². The van der Waals surface area contributed by atoms with Crippen LogP contribution in [0.25, 0.3) is 10.9 Å². The molecule has 23 heavy (non-hydrogen) atoms. The van der Waals surface area contributed by atoms with Gasteiger partial charge in [0.15, 0.2) is 0 Å². The molecule has 1 fully saturated rings. The lowest BCUT2D eigenvalue weighted by Gasteiger charge is -2.24. The molecule has 4 rings (SSSR count). The summed E-state index contributed by atoms with van der Waals surface area (Å²) in [5.41, 5.74) is 9.97. The Morgan fingerprint density at radius 3 is 2.96 bits per heavy atom. The third kappa shape index (κ3) is 2.32. The minimum absolute atomic E-state index is 0.171. The maximum atomic E-state index is 13.3. The second kappa shape index (κ2) is 5.60. The van der Waals surface area contributed by atoms with Crippen LogP contribution in [0.3, 0.4) is 0 Å². The fourth-order valence-electron chi connectivity index (χ4n) is 4.19. The van der Waals surface area contributed by atoms with E-state index in [2.05, 4.69) is 6.92 Å². The molecule has 1 saturated heterocycles. The molecule has 2 unspecified atom stereocenters. The van der Waals surface area contributed by atoms with Crippen molar-refractivity contribution in [2.45, 2.75) is 38.6 Å². The number of rotatable bonds is 2. The summed E-state index contributed by atoms with van der Waals surface area (Å²) in [4.78, 5) is 20.2. The van der Waals surface area contributed by atoms with Crippen molar-refractivity contribution in [3.8, 4) is 0 Å². The summed E-state index contributed by atoms with van der Waals surface area (Å²) in [7, 11) is 0. The van der Waals surface area contributed by atoms with Crippen molar-refractivity contribution in [2.75, 3.05) is 13.1 Å². The number of benzene rings is 1. The zero-order chi connectivity index (χ0) is 16.0. The van der Waals surface area contributed by atoms with E-state index < -0.39 is 0 Å². The van der Waals surface area contributed by atoms with Gasteiger partial charge in [0.2, 0.25) is 0 Å². The molecule has 1 aromatic carbocycles. The average Bonchev–Trinajstić information content (AvgIpc) is 3.17. The predicted molar refractivity (Wildman–Crippen MR) is 91.4 cm³/mol. The highest BCUT2D eigenvalue weighted by molar-refractivity contribution is 6.08. The van der Waals surface area contributed by atoms with Gasteiger partial charge in [-0.25, -0.2) is 0 Å². The Morgan fingerprint density at radius 2 is 2.17 bits per heavy atom. The third-order valence-corrected chi connectivity index (χ3v) is 5.39. The molecule has 0 saturated carbocycles. The van der Waals surface area contributed by atoms with Gasteiger partial charge in [0.05, 0.1) is 11.1 Å². The van der Waals surface area contributed by atoms with Crippen LogP contribution in [-0.4, -0.2) is 34.9 Å². The number of carbonyl (C=O) groups is 1. The van der Waals surface area contributed by atoms with Crippen molar-refractivity contribution in [1.29, 1.82) is 0 Å². The Labute approximate surface area is 136 Å². The van der Waals surface area contributed by atoms with Gasteiger partial charge < -0.3 is 10.6 Å². The largest absolute Gasteiger partial charge is 0.336 e. The first-order valence-corrected chi connectivity index (χ1v) is 8.60. The van der Waals surface area contributed by atoms with Crippen LogP contribution >= 0.6 is 0 Å². The molecule has 2 heterocycles. The average molecular weight is 309 g/mol. The second-order valence-corrected chi connectivity index (χ2v) is 6.93. The number of amides is 1. The van der Waals surface area contributed by atoms with Crippen LogP contribution in [0.15, 0.2) is 24.3 Å². The number of fused-ring (bicyclic) bond motifs is 2. The van der Waals surface area contributed by atoms with Crippen molar-refractivity contribution in [1.82, 2.24) is 9.88 Å². The van der Waals surface area contributed by atoms with E-state index in [0.717, 1.165) is 54.4 Å². The number of likely N-dealkylation sites (tertiary alicyclic amines) is 1. The third-order valence-electron chi connectivity index (χ3n) is 5.39. The summed E-state index contributed by atoms with van der Waals surface area (Å²) >= 11 is 0. The number of para-hydroxylation sites is 1. The number of hydrogen-bond acceptors (Lipinski definition) is 3. The van der Waals surface area contributed by atoms with Gasteiger partial charge >= 0.3 is 0 Å². The lowest BCUT2D eigenvalue weighted by molar-refractivity contribution is 0.0744. The van der Waals surface area contributed by atoms with Gasteiger partial charge in [-0.05, 0) is 56.7 Å². The van der Waals surface area contributed by atoms with Crippen LogP contribution in [-0.2, 0) is 12.8 Å². The highest BCUT2D eigenvalue weighted by Crippen LogP contribution is 2.33. The van der Waals surface area contributed by atoms with Gasteiger partial charge in [0, 0.05) is 23.7 Å². The number of pyridine rings is 1. The van der Waals surface area contributed by atoms with E-state index in [4.69, 9.17) is 10.7 Å². The van der Waals surface area contributed by atoms with E-state index in [1.54, 1.807) is 0 Å². The van der Waals surface area contributed by atoms with Gasteiger partial charge in [0.1, 0.15) is 0 Å². The van der Waals surface area contributed by atoms with E-state index in [1.165, 1.54) is 5.56 Å². The van der Waals surface area contributed by atoms with Gasteiger partial charge in [-0.15, -0.1) is 0 Å². The Morgan fingerprint density at radius 1 is 1.35 bits per heavy atom. The SMILES string of the molecule is CC1CC(CN)CN1C(=O)c1c2c(nc3ccccc13)CCC2. The quantitative estimate of drug-likeness (QED) is 0.927. The summed E-state index contributed by atoms with van der Waals surface area (Å²) in [6, 6.07) is 8.31. The molecule has 2 atom stereocenters. The number of hydrogen-bond donors (Lipinski definition) is 1. The van der Waals surface area contributed by atoms with Crippen molar-refractivity contribution >= 4 is 16.8 Å². The van der Waals surface area contributed by atoms with Crippen molar-refractivity contribution in [3.05, 3.63) is 41.1 Å². The standard InChI is InChI=1S/C19H23N3O/c1-12-9-13(10-20)11-22(12)19(23)18-14-5-2-3-7-16(14)21-17-8-4-6-15(17)18/h2-3,5,7,12-13H,4,6,8-11,20H2,1H3. The number of aromatic nitrogens is 1. The molecule has 0 bridgehead atoms. The second-order valence-electron chi connectivity index (χ2n) is 6.93. The maximum absolute atomic E-state index is 13.3. The van der Waals surface area contributed by atoms with Crippen LogP contribution in [0.5, 0.6) is 0 Å². The summed E-state index contributed by atoms with van der Waals surface area (Å²) in [5, 5.41) is 1.00. The fourth-order valence-corrected chi connectivity index (χ4v) is 4.19. The Balaban J connectivity index is 1.83. The summed E-state index contributed by atoms with van der Waals surface area (Å²) in [6.45, 7) is 3.57. The van der Waals surface area contributed by atoms with E-state index in [0.29, 0.717) is 12.5 Å². The zero-order valence-electron chi connectivity index (χ0n) is 13.6. The minimum atomic E-state index is 0.171. The van der Waals surface area contributed by atoms with Gasteiger partial charge in [-0.2, -0.15) is 0 Å². The maximum Gasteiger partial charge on any atom is 0.255 e. The van der Waals surface area contributed by atoms with E-state index in [-0.39, 0.29) is 11.9 Å². The topological polar surface area (TPSA) is 59.2 Å². The monoisotopic (exact) mass is 309 g/mol. The molecule has 1 aromatic heterocycles. The molecule has 2 N–H and O–H groups in total. The number of aryl methyl sites for hydroxylation is 1. The van der Waals surface area contributed by atoms with Gasteiger partial charge in [0.25, 0.3) is 5.91 Å². The molecule has 120 valence electrons. The Bertz CT molecular complexity index is 771. The first-order chi connectivity index (χ1) is 11.2. The normalized spacial score (nSPS) is 23.5. The van der Waals surface area contributed by atoms with Gasteiger partial charge in [-0.1, -0.05) is 18.2 Å². The van der Waals surface area contributed by atoms with Crippen LogP contribution in [0.4, 0.5) is 0 Å². The van der Waals surface area contributed by atoms with Crippen LogP contribution in [0.2, 0.25) is 0 Å². The summed E-state index contributed by atoms with van der Waals surface area (Å²) in [6.07, 6.45) is 4.06. The van der Waals surface area contributed by atoms with Crippen LogP contribution < -0.4 is 5.73 Å². The van der Waals surface area contributed by atoms with Gasteiger partial charge in [-0.3, -0.25) is 9.78 Å².